The maximum absolute atomic E-state index is 13.9. The maximum atomic E-state index is 13.9. The molecule has 1 fully saturated rings. The normalized spacial score (nSPS) is 20.3. The zero-order valence-electron chi connectivity index (χ0n) is 21.3. The molecule has 4 rings (SSSR count). The molecule has 1 saturated carbocycles. The average molecular weight is 499 g/mol. The molecule has 1 N–H and O–H groups in total. The molecule has 1 aromatic carbocycles. The summed E-state index contributed by atoms with van der Waals surface area (Å²) < 4.78 is 17.3. The number of hydrogen-bond donors (Lipinski definition) is 1. The van der Waals surface area contributed by atoms with Crippen molar-refractivity contribution in [3.63, 3.8) is 0 Å². The van der Waals surface area contributed by atoms with E-state index in [4.69, 9.17) is 14.2 Å². The zero-order chi connectivity index (χ0) is 25.9. The molecule has 1 atom stereocenters. The molecular weight excluding hydrogens is 464 g/mol. The fourth-order valence-corrected chi connectivity index (χ4v) is 5.10. The van der Waals surface area contributed by atoms with Crippen molar-refractivity contribution in [3.8, 4) is 11.5 Å². The number of rotatable bonds is 7. The Morgan fingerprint density at radius 3 is 2.47 bits per heavy atom. The lowest BCUT2D eigenvalue weighted by molar-refractivity contribution is -0.134. The number of benzene rings is 1. The highest BCUT2D eigenvalue weighted by Crippen LogP contribution is 2.34. The average Bonchev–Trinajstić information content (AvgIpc) is 3.13. The van der Waals surface area contributed by atoms with Crippen LogP contribution in [0.5, 0.6) is 11.5 Å². The van der Waals surface area contributed by atoms with Gasteiger partial charge in [0.1, 0.15) is 22.7 Å². The highest BCUT2D eigenvalue weighted by molar-refractivity contribution is 6.06. The fraction of sp³-hybridized carbons (Fsp3) is 0.538. The third kappa shape index (κ3) is 4.76. The molecule has 10 heteroatoms. The summed E-state index contributed by atoms with van der Waals surface area (Å²) in [7, 11) is 4.34. The third-order valence-electron chi connectivity index (χ3n) is 7.24. The van der Waals surface area contributed by atoms with E-state index in [0.717, 1.165) is 25.7 Å². The Balaban J connectivity index is 1.73. The molecule has 2 heterocycles. The molecule has 1 aliphatic carbocycles. The minimum atomic E-state index is -1.23. The van der Waals surface area contributed by atoms with Gasteiger partial charge in [-0.3, -0.25) is 9.59 Å². The van der Waals surface area contributed by atoms with Crippen LogP contribution in [0.25, 0.3) is 0 Å². The van der Waals surface area contributed by atoms with E-state index in [9.17, 15) is 14.4 Å². The number of fused-ring (bicyclic) bond motifs is 1. The monoisotopic (exact) mass is 498 g/mol. The van der Waals surface area contributed by atoms with Crippen molar-refractivity contribution in [3.05, 3.63) is 41.5 Å². The van der Waals surface area contributed by atoms with Gasteiger partial charge in [0, 0.05) is 17.7 Å². The van der Waals surface area contributed by atoms with Gasteiger partial charge in [0.15, 0.2) is 5.69 Å². The lowest BCUT2D eigenvalue weighted by atomic mass is 9.92. The van der Waals surface area contributed by atoms with Gasteiger partial charge in [0.25, 0.3) is 5.91 Å². The second-order valence-electron chi connectivity index (χ2n) is 9.57. The van der Waals surface area contributed by atoms with Crippen LogP contribution in [0.2, 0.25) is 0 Å². The van der Waals surface area contributed by atoms with Crippen molar-refractivity contribution >= 4 is 17.8 Å². The molecular formula is C26H34N4O6. The quantitative estimate of drug-likeness (QED) is 0.461. The maximum Gasteiger partial charge on any atom is 0.359 e. The van der Waals surface area contributed by atoms with Crippen LogP contribution in [0.3, 0.4) is 0 Å². The SMILES string of the molecule is COC(=O)c1ncn2c1C(=O)N(Cc1ccc(OC)cc1OC)[C@](C)(C(=O)NC1CCCCCC1)C2. The second kappa shape index (κ2) is 10.6. The van der Waals surface area contributed by atoms with E-state index in [0.29, 0.717) is 17.1 Å². The summed E-state index contributed by atoms with van der Waals surface area (Å²) in [6.45, 7) is 2.00. The lowest BCUT2D eigenvalue weighted by Gasteiger charge is -2.44. The fourth-order valence-electron chi connectivity index (χ4n) is 5.10. The van der Waals surface area contributed by atoms with E-state index >= 15 is 0 Å². The summed E-state index contributed by atoms with van der Waals surface area (Å²) in [5.41, 5.74) is -0.489. The molecule has 2 aromatic rings. The predicted octanol–water partition coefficient (Wildman–Crippen LogP) is 2.94. The van der Waals surface area contributed by atoms with Crippen molar-refractivity contribution < 1.29 is 28.6 Å². The predicted molar refractivity (Wildman–Crippen MR) is 131 cm³/mol. The van der Waals surface area contributed by atoms with Gasteiger partial charge in [-0.25, -0.2) is 9.78 Å². The van der Waals surface area contributed by atoms with Crippen LogP contribution in [0.15, 0.2) is 24.5 Å². The standard InChI is InChI=1S/C26H34N4O6/c1-26(25(33)28-18-9-7-5-6-8-10-18)15-29-16-27-21(24(32)36-4)22(29)23(31)30(26)14-17-11-12-19(34-2)13-20(17)35-3/h11-13,16,18H,5-10,14-15H2,1-4H3,(H,28,33)/t26-/m0/s1. The number of hydrogen-bond acceptors (Lipinski definition) is 7. The van der Waals surface area contributed by atoms with E-state index in [2.05, 4.69) is 10.3 Å². The molecule has 0 bridgehead atoms. The topological polar surface area (TPSA) is 112 Å². The number of carbonyl (C=O) groups excluding carboxylic acids is 3. The zero-order valence-corrected chi connectivity index (χ0v) is 21.3. The Hall–Kier alpha value is -3.56. The van der Waals surface area contributed by atoms with Crippen molar-refractivity contribution in [2.75, 3.05) is 21.3 Å². The molecule has 1 aromatic heterocycles. The minimum Gasteiger partial charge on any atom is -0.497 e. The first-order chi connectivity index (χ1) is 17.3. The van der Waals surface area contributed by atoms with Gasteiger partial charge < -0.3 is 29.0 Å². The van der Waals surface area contributed by atoms with E-state index in [1.165, 1.54) is 31.2 Å². The Morgan fingerprint density at radius 2 is 1.83 bits per heavy atom. The number of nitrogens with one attached hydrogen (secondary N) is 1. The van der Waals surface area contributed by atoms with Gasteiger partial charge in [0.2, 0.25) is 5.91 Å². The summed E-state index contributed by atoms with van der Waals surface area (Å²) in [5, 5.41) is 3.21. The number of esters is 1. The van der Waals surface area contributed by atoms with Crippen molar-refractivity contribution in [1.82, 2.24) is 19.8 Å². The van der Waals surface area contributed by atoms with Gasteiger partial charge in [-0.1, -0.05) is 25.7 Å². The van der Waals surface area contributed by atoms with E-state index in [-0.39, 0.29) is 36.4 Å². The van der Waals surface area contributed by atoms with Crippen LogP contribution in [-0.2, 0) is 22.6 Å². The molecule has 0 unspecified atom stereocenters. The van der Waals surface area contributed by atoms with Gasteiger partial charge in [-0.05, 0) is 31.9 Å². The number of imidazole rings is 1. The third-order valence-corrected chi connectivity index (χ3v) is 7.24. The highest BCUT2D eigenvalue weighted by Gasteiger charge is 2.49. The Kier molecular flexibility index (Phi) is 7.51. The molecule has 10 nitrogen and oxygen atoms in total. The first-order valence-electron chi connectivity index (χ1n) is 12.3. The number of ether oxygens (including phenoxy) is 3. The van der Waals surface area contributed by atoms with Crippen molar-refractivity contribution in [1.29, 1.82) is 0 Å². The highest BCUT2D eigenvalue weighted by atomic mass is 16.5. The van der Waals surface area contributed by atoms with Gasteiger partial charge >= 0.3 is 5.97 Å². The number of methoxy groups -OCH3 is 3. The smallest absolute Gasteiger partial charge is 0.359 e. The largest absolute Gasteiger partial charge is 0.497 e. The van der Waals surface area contributed by atoms with Gasteiger partial charge in [-0.2, -0.15) is 0 Å². The van der Waals surface area contributed by atoms with Crippen LogP contribution >= 0.6 is 0 Å². The molecule has 1 aliphatic heterocycles. The molecule has 0 radical (unpaired) electrons. The molecule has 194 valence electrons. The molecule has 0 saturated heterocycles. The van der Waals surface area contributed by atoms with E-state index in [1.807, 2.05) is 6.07 Å². The van der Waals surface area contributed by atoms with Crippen LogP contribution in [-0.4, -0.2) is 65.1 Å². The van der Waals surface area contributed by atoms with Crippen LogP contribution in [0.4, 0.5) is 0 Å². The second-order valence-corrected chi connectivity index (χ2v) is 9.57. The molecule has 2 aliphatic rings. The Bertz CT molecular complexity index is 1140. The first kappa shape index (κ1) is 25.5. The van der Waals surface area contributed by atoms with Crippen LogP contribution < -0.4 is 14.8 Å². The van der Waals surface area contributed by atoms with Crippen LogP contribution in [0.1, 0.15) is 72.0 Å². The summed E-state index contributed by atoms with van der Waals surface area (Å²) in [5.74, 6) is -0.267. The minimum absolute atomic E-state index is 0.0686. The van der Waals surface area contributed by atoms with Crippen LogP contribution in [0, 0.1) is 0 Å². The number of amides is 2. The summed E-state index contributed by atoms with van der Waals surface area (Å²) in [4.78, 5) is 45.7. The summed E-state index contributed by atoms with van der Waals surface area (Å²) >= 11 is 0. The Morgan fingerprint density at radius 1 is 1.11 bits per heavy atom. The van der Waals surface area contributed by atoms with Crippen molar-refractivity contribution in [2.45, 2.75) is 70.1 Å². The van der Waals surface area contributed by atoms with Crippen molar-refractivity contribution in [2.24, 2.45) is 0 Å². The molecule has 0 spiro atoms. The Labute approximate surface area is 210 Å². The van der Waals surface area contributed by atoms with E-state index in [1.54, 1.807) is 37.8 Å². The van der Waals surface area contributed by atoms with E-state index < -0.39 is 17.4 Å². The summed E-state index contributed by atoms with van der Waals surface area (Å²) in [6, 6.07) is 5.39. The summed E-state index contributed by atoms with van der Waals surface area (Å²) in [6.07, 6.45) is 7.74. The van der Waals surface area contributed by atoms with Gasteiger partial charge in [-0.15, -0.1) is 0 Å². The number of nitrogens with zero attached hydrogens (tertiary/aromatic N) is 3. The molecule has 2 amide bonds. The number of carbonyl (C=O) groups is 3. The molecule has 36 heavy (non-hydrogen) atoms. The van der Waals surface area contributed by atoms with Gasteiger partial charge in [0.05, 0.1) is 40.7 Å². The number of aromatic nitrogens is 2. The first-order valence-corrected chi connectivity index (χ1v) is 12.3. The lowest BCUT2D eigenvalue weighted by Crippen LogP contribution is -2.64.